The van der Waals surface area contributed by atoms with Crippen molar-refractivity contribution in [1.29, 1.82) is 0 Å². The van der Waals surface area contributed by atoms with Crippen LogP contribution in [-0.2, 0) is 19.6 Å². The summed E-state index contributed by atoms with van der Waals surface area (Å²) in [5, 5.41) is 0. The smallest absolute Gasteiger partial charge is 0.195 e. The Labute approximate surface area is 122 Å². The molecule has 0 N–H and O–H groups in total. The first-order chi connectivity index (χ1) is 9.40. The van der Waals surface area contributed by atoms with Gasteiger partial charge in [-0.3, -0.25) is 0 Å². The van der Waals surface area contributed by atoms with Crippen LogP contribution in [0.4, 0.5) is 0 Å². The quantitative estimate of drug-likeness (QED) is 0.625. The van der Waals surface area contributed by atoms with Gasteiger partial charge in [0.1, 0.15) is 0 Å². The molecule has 3 rings (SSSR count). The molecule has 4 atom stereocenters. The van der Waals surface area contributed by atoms with Crippen molar-refractivity contribution < 1.29 is 19.6 Å². The first-order valence-corrected chi connectivity index (χ1v) is 8.14. The fraction of sp³-hybridized carbons (Fsp3) is 1.00. The maximum Gasteiger partial charge on any atom is 0.234 e. The molecule has 0 aromatic heterocycles. The summed E-state index contributed by atoms with van der Waals surface area (Å²) in [6, 6.07) is 0. The first kappa shape index (κ1) is 14.8. The highest BCUT2D eigenvalue weighted by atomic mass is 17.4. The van der Waals surface area contributed by atoms with Gasteiger partial charge in [0.05, 0.1) is 0 Å². The van der Waals surface area contributed by atoms with Gasteiger partial charge in [0.25, 0.3) is 0 Å². The Kier molecular flexibility index (Phi) is 3.87. The maximum atomic E-state index is 5.79. The van der Waals surface area contributed by atoms with Crippen molar-refractivity contribution in [1.82, 2.24) is 0 Å². The van der Waals surface area contributed by atoms with Crippen LogP contribution < -0.4 is 0 Å². The molecule has 3 aliphatic rings. The summed E-state index contributed by atoms with van der Waals surface area (Å²) in [6.45, 7) is 8.94. The van der Waals surface area contributed by atoms with Gasteiger partial charge in [-0.2, -0.15) is 19.6 Å². The summed E-state index contributed by atoms with van der Waals surface area (Å²) in [5.74, 6) is 0.917. The molecule has 1 heterocycles. The van der Waals surface area contributed by atoms with E-state index in [1.807, 2.05) is 0 Å². The molecule has 116 valence electrons. The third-order valence-corrected chi connectivity index (χ3v) is 4.94. The van der Waals surface area contributed by atoms with Crippen molar-refractivity contribution in [3.05, 3.63) is 0 Å². The van der Waals surface area contributed by atoms with E-state index in [0.717, 1.165) is 25.7 Å². The molecular weight excluding hydrogens is 256 g/mol. The predicted molar refractivity (Wildman–Crippen MR) is 74.2 cm³/mol. The number of hydrogen-bond donors (Lipinski definition) is 0. The first-order valence-electron chi connectivity index (χ1n) is 8.14. The maximum absolute atomic E-state index is 5.79. The lowest BCUT2D eigenvalue weighted by atomic mass is 9.79. The largest absolute Gasteiger partial charge is 0.234 e. The Morgan fingerprint density at radius 3 is 1.05 bits per heavy atom. The van der Waals surface area contributed by atoms with Crippen molar-refractivity contribution in [2.75, 3.05) is 0 Å². The highest BCUT2D eigenvalue weighted by molar-refractivity contribution is 4.85. The Morgan fingerprint density at radius 1 is 0.550 bits per heavy atom. The number of hydrogen-bond acceptors (Lipinski definition) is 4. The van der Waals surface area contributed by atoms with Crippen molar-refractivity contribution in [2.45, 2.75) is 77.8 Å². The lowest BCUT2D eigenvalue weighted by molar-refractivity contribution is -0.666. The summed E-state index contributed by atoms with van der Waals surface area (Å²) >= 11 is 0. The third-order valence-electron chi connectivity index (χ3n) is 4.94. The lowest BCUT2D eigenvalue weighted by Crippen LogP contribution is -2.55. The topological polar surface area (TPSA) is 36.9 Å². The van der Waals surface area contributed by atoms with Gasteiger partial charge in [0.2, 0.25) is 11.6 Å². The Hall–Kier alpha value is -0.160. The SMILES string of the molecule is C[C@@H]1C[C@H](C)CC2(C1)OOC1(C[C@@H](C)C[C@H](C)C1)OO2. The molecule has 3 fully saturated rings. The summed E-state index contributed by atoms with van der Waals surface area (Å²) < 4.78 is 0. The molecule has 2 saturated carbocycles. The van der Waals surface area contributed by atoms with Crippen LogP contribution in [0.5, 0.6) is 0 Å². The zero-order valence-electron chi connectivity index (χ0n) is 13.2. The zero-order valence-corrected chi connectivity index (χ0v) is 13.2. The Balaban J connectivity index is 1.66. The molecule has 4 nitrogen and oxygen atoms in total. The Morgan fingerprint density at radius 2 is 0.800 bits per heavy atom. The van der Waals surface area contributed by atoms with Crippen molar-refractivity contribution in [3.63, 3.8) is 0 Å². The standard InChI is InChI=1S/C16H28O4/c1-11-5-12(2)8-15(7-11)17-19-16(20-18-15)9-13(3)6-14(4)10-16/h11-14H,5-10H2,1-4H3/t11-,12-,13-,14+/m0/s1. The van der Waals surface area contributed by atoms with E-state index in [2.05, 4.69) is 27.7 Å². The molecule has 0 bridgehead atoms. The van der Waals surface area contributed by atoms with E-state index in [1.54, 1.807) is 0 Å². The van der Waals surface area contributed by atoms with Crippen LogP contribution >= 0.6 is 0 Å². The molecule has 2 aliphatic carbocycles. The minimum absolute atomic E-state index is 0.573. The van der Waals surface area contributed by atoms with Crippen LogP contribution in [0.15, 0.2) is 0 Å². The van der Waals surface area contributed by atoms with Crippen LogP contribution in [0, 0.1) is 23.7 Å². The van der Waals surface area contributed by atoms with E-state index >= 15 is 0 Å². The van der Waals surface area contributed by atoms with Crippen LogP contribution in [0.1, 0.15) is 66.2 Å². The molecule has 1 aliphatic heterocycles. The highest BCUT2D eigenvalue weighted by Crippen LogP contribution is 2.48. The second-order valence-corrected chi connectivity index (χ2v) is 7.86. The normalized spacial score (nSPS) is 53.4. The van der Waals surface area contributed by atoms with Crippen molar-refractivity contribution in [2.24, 2.45) is 23.7 Å². The van der Waals surface area contributed by atoms with Gasteiger partial charge in [-0.25, -0.2) is 0 Å². The highest BCUT2D eigenvalue weighted by Gasteiger charge is 2.53. The van der Waals surface area contributed by atoms with E-state index in [1.165, 1.54) is 12.8 Å². The fourth-order valence-electron chi connectivity index (χ4n) is 4.60. The van der Waals surface area contributed by atoms with E-state index < -0.39 is 11.6 Å². The summed E-state index contributed by atoms with van der Waals surface area (Å²) in [5.41, 5.74) is 0. The second-order valence-electron chi connectivity index (χ2n) is 7.86. The predicted octanol–water partition coefficient (Wildman–Crippen LogP) is 4.20. The van der Waals surface area contributed by atoms with Crippen LogP contribution in [-0.4, -0.2) is 11.6 Å². The van der Waals surface area contributed by atoms with Gasteiger partial charge in [0.15, 0.2) is 0 Å². The minimum Gasteiger partial charge on any atom is -0.195 e. The van der Waals surface area contributed by atoms with Gasteiger partial charge in [-0.1, -0.05) is 27.7 Å². The van der Waals surface area contributed by atoms with Crippen LogP contribution in [0.2, 0.25) is 0 Å². The summed E-state index contributed by atoms with van der Waals surface area (Å²) in [4.78, 5) is 23.2. The third kappa shape index (κ3) is 2.89. The molecular formula is C16H28O4. The van der Waals surface area contributed by atoms with Crippen molar-refractivity contribution in [3.8, 4) is 0 Å². The van der Waals surface area contributed by atoms with E-state index in [-0.39, 0.29) is 0 Å². The average Bonchev–Trinajstić information content (AvgIpc) is 2.31. The average molecular weight is 284 g/mol. The minimum atomic E-state index is -0.688. The molecule has 1 saturated heterocycles. The molecule has 0 aromatic carbocycles. The summed E-state index contributed by atoms with van der Waals surface area (Å²) in [7, 11) is 0. The molecule has 0 amide bonds. The lowest BCUT2D eigenvalue weighted by Gasteiger charge is -2.49. The van der Waals surface area contributed by atoms with E-state index in [9.17, 15) is 0 Å². The molecule has 0 aromatic rings. The molecule has 20 heavy (non-hydrogen) atoms. The molecule has 0 radical (unpaired) electrons. The van der Waals surface area contributed by atoms with E-state index in [0.29, 0.717) is 23.7 Å². The number of rotatable bonds is 0. The Bertz CT molecular complexity index is 290. The van der Waals surface area contributed by atoms with Crippen LogP contribution in [0.3, 0.4) is 0 Å². The summed E-state index contributed by atoms with van der Waals surface area (Å²) in [6.07, 6.45) is 5.81. The van der Waals surface area contributed by atoms with Crippen LogP contribution in [0.25, 0.3) is 0 Å². The van der Waals surface area contributed by atoms with Gasteiger partial charge in [0, 0.05) is 25.7 Å². The second kappa shape index (κ2) is 5.24. The molecule has 2 spiro atoms. The zero-order chi connectivity index (χ0) is 14.4. The fourth-order valence-corrected chi connectivity index (χ4v) is 4.60. The molecule has 4 heteroatoms. The van der Waals surface area contributed by atoms with E-state index in [4.69, 9.17) is 19.6 Å². The van der Waals surface area contributed by atoms with Gasteiger partial charge in [-0.05, 0) is 36.5 Å². The van der Waals surface area contributed by atoms with Crippen molar-refractivity contribution >= 4 is 0 Å². The van der Waals surface area contributed by atoms with Gasteiger partial charge >= 0.3 is 0 Å². The van der Waals surface area contributed by atoms with Gasteiger partial charge < -0.3 is 0 Å². The monoisotopic (exact) mass is 284 g/mol. The van der Waals surface area contributed by atoms with Gasteiger partial charge in [-0.15, -0.1) is 0 Å². The molecule has 0 unspecified atom stereocenters.